The van der Waals surface area contributed by atoms with Gasteiger partial charge in [0.15, 0.2) is 0 Å². The number of para-hydroxylation sites is 1. The fraction of sp³-hybridized carbons (Fsp3) is 0.400. The second-order valence-corrected chi connectivity index (χ2v) is 3.33. The molecule has 0 unspecified atom stereocenters. The summed E-state index contributed by atoms with van der Waals surface area (Å²) in [5.41, 5.74) is 5.84. The van der Waals surface area contributed by atoms with Gasteiger partial charge >= 0.3 is 0 Å². The zero-order valence-electron chi connectivity index (χ0n) is 17.2. The first-order valence-corrected chi connectivity index (χ1v) is 8.64. The third kappa shape index (κ3) is 30.0. The van der Waals surface area contributed by atoms with Crippen LogP contribution in [0.15, 0.2) is 59.9 Å². The molecule has 144 valence electrons. The summed E-state index contributed by atoms with van der Waals surface area (Å²) in [6, 6.07) is 9.58. The summed E-state index contributed by atoms with van der Waals surface area (Å²) in [6.45, 7) is 18.7. The Balaban J connectivity index is -0.000000126. The minimum Gasteiger partial charge on any atom is -0.432 e. The predicted octanol–water partition coefficient (Wildman–Crippen LogP) is 6.17. The highest BCUT2D eigenvalue weighted by atomic mass is 16.3. The number of anilines is 2. The first-order chi connectivity index (χ1) is 12.1. The number of amides is 1. The molecule has 0 aliphatic rings. The Morgan fingerprint density at radius 2 is 1.56 bits per heavy atom. The van der Waals surface area contributed by atoms with Crippen molar-refractivity contribution >= 4 is 17.6 Å². The molecule has 0 atom stereocenters. The number of nitrogens with two attached hydrogens (primary N) is 1. The van der Waals surface area contributed by atoms with E-state index in [2.05, 4.69) is 21.3 Å². The van der Waals surface area contributed by atoms with Crippen LogP contribution in [0.3, 0.4) is 0 Å². The fourth-order valence-electron chi connectivity index (χ4n) is 0.959. The van der Waals surface area contributed by atoms with Crippen molar-refractivity contribution < 1.29 is 9.21 Å². The Morgan fingerprint density at radius 3 is 1.80 bits per heavy atom. The van der Waals surface area contributed by atoms with Crippen LogP contribution in [-0.2, 0) is 4.79 Å². The lowest BCUT2D eigenvalue weighted by Gasteiger charge is -1.98. The molecular formula is C20H37N3O2. The SMILES string of the molecule is C=CC.CC.CC.CC.CC(=O)Nc1ccccc1.Nc1ncco1. The number of nitrogens with one attached hydrogen (secondary N) is 1. The highest BCUT2D eigenvalue weighted by molar-refractivity contribution is 5.88. The molecule has 3 N–H and O–H groups in total. The summed E-state index contributed by atoms with van der Waals surface area (Å²) in [4.78, 5) is 14.0. The standard InChI is InChI=1S/C8H9NO.C3H4N2O.C3H6.3C2H6/c1-7(10)9-8-5-3-2-4-6-8;4-3-5-1-2-6-3;1-3-2;3*1-2/h2-6H,1H3,(H,9,10);1-2H,(H2,4,5);3H,1H2,2H3;3*1-2H3. The second kappa shape index (κ2) is 29.5. The van der Waals surface area contributed by atoms with Crippen LogP contribution in [0.25, 0.3) is 0 Å². The fourth-order valence-corrected chi connectivity index (χ4v) is 0.959. The maximum absolute atomic E-state index is 10.5. The minimum absolute atomic E-state index is 0.0359. The van der Waals surface area contributed by atoms with E-state index in [-0.39, 0.29) is 11.9 Å². The number of nitrogens with zero attached hydrogens (tertiary/aromatic N) is 1. The molecule has 25 heavy (non-hydrogen) atoms. The smallest absolute Gasteiger partial charge is 0.291 e. The van der Waals surface area contributed by atoms with E-state index in [0.717, 1.165) is 5.69 Å². The Morgan fingerprint density at radius 1 is 1.12 bits per heavy atom. The van der Waals surface area contributed by atoms with Gasteiger partial charge in [-0.3, -0.25) is 4.79 Å². The summed E-state index contributed by atoms with van der Waals surface area (Å²) >= 11 is 0. The molecule has 0 aliphatic heterocycles. The maximum atomic E-state index is 10.5. The number of allylic oxidation sites excluding steroid dienone is 1. The van der Waals surface area contributed by atoms with Crippen molar-refractivity contribution in [1.29, 1.82) is 0 Å². The number of carbonyl (C=O) groups is 1. The van der Waals surface area contributed by atoms with Gasteiger partial charge in [-0.2, -0.15) is 0 Å². The van der Waals surface area contributed by atoms with Gasteiger partial charge in [-0.25, -0.2) is 4.98 Å². The van der Waals surface area contributed by atoms with Gasteiger partial charge in [-0.05, 0) is 19.1 Å². The van der Waals surface area contributed by atoms with Crippen molar-refractivity contribution in [2.75, 3.05) is 11.1 Å². The molecule has 2 aromatic rings. The molecular weight excluding hydrogens is 314 g/mol. The van der Waals surface area contributed by atoms with Gasteiger partial charge in [0.2, 0.25) is 5.91 Å². The molecule has 1 aromatic heterocycles. The van der Waals surface area contributed by atoms with Crippen LogP contribution >= 0.6 is 0 Å². The first-order valence-electron chi connectivity index (χ1n) is 8.64. The number of nitrogen functional groups attached to an aromatic ring is 1. The number of oxazole rings is 1. The summed E-state index contributed by atoms with van der Waals surface area (Å²) in [6.07, 6.45) is 4.67. The van der Waals surface area contributed by atoms with E-state index in [1.807, 2.05) is 78.8 Å². The number of hydrogen-bond acceptors (Lipinski definition) is 4. The van der Waals surface area contributed by atoms with Crippen LogP contribution in [0, 0.1) is 0 Å². The Bertz CT molecular complexity index is 455. The average molecular weight is 352 g/mol. The van der Waals surface area contributed by atoms with Gasteiger partial charge in [-0.1, -0.05) is 65.8 Å². The van der Waals surface area contributed by atoms with E-state index in [9.17, 15) is 4.79 Å². The molecule has 0 radical (unpaired) electrons. The normalized spacial score (nSPS) is 6.88. The molecule has 0 aliphatic carbocycles. The summed E-state index contributed by atoms with van der Waals surface area (Å²) in [5.74, 6) is -0.0359. The molecule has 5 heteroatoms. The lowest BCUT2D eigenvalue weighted by Crippen LogP contribution is -2.04. The first kappa shape index (κ1) is 30.3. The molecule has 0 bridgehead atoms. The number of rotatable bonds is 1. The summed E-state index contributed by atoms with van der Waals surface area (Å²) < 4.78 is 4.50. The van der Waals surface area contributed by atoms with Crippen molar-refractivity contribution in [3.63, 3.8) is 0 Å². The van der Waals surface area contributed by atoms with E-state index < -0.39 is 0 Å². The maximum Gasteiger partial charge on any atom is 0.291 e. The van der Waals surface area contributed by atoms with Crippen molar-refractivity contribution in [2.45, 2.75) is 55.4 Å². The Hall–Kier alpha value is -2.56. The third-order valence-corrected chi connectivity index (χ3v) is 1.55. The van der Waals surface area contributed by atoms with Gasteiger partial charge in [-0.15, -0.1) is 6.58 Å². The largest absolute Gasteiger partial charge is 0.432 e. The molecule has 2 rings (SSSR count). The Labute approximate surface area is 154 Å². The van der Waals surface area contributed by atoms with Gasteiger partial charge < -0.3 is 15.5 Å². The van der Waals surface area contributed by atoms with Crippen molar-refractivity contribution in [3.05, 3.63) is 55.4 Å². The zero-order valence-corrected chi connectivity index (χ0v) is 17.2. The highest BCUT2D eigenvalue weighted by Gasteiger charge is 1.90. The third-order valence-electron chi connectivity index (χ3n) is 1.55. The van der Waals surface area contributed by atoms with Crippen molar-refractivity contribution in [3.8, 4) is 0 Å². The molecule has 0 spiro atoms. The lowest BCUT2D eigenvalue weighted by molar-refractivity contribution is -0.114. The Kier molecular flexibility index (Phi) is 35.7. The van der Waals surface area contributed by atoms with Crippen LogP contribution in [0.2, 0.25) is 0 Å². The lowest BCUT2D eigenvalue weighted by atomic mass is 10.3. The van der Waals surface area contributed by atoms with Gasteiger partial charge in [0.1, 0.15) is 6.26 Å². The van der Waals surface area contributed by atoms with E-state index in [1.165, 1.54) is 19.4 Å². The van der Waals surface area contributed by atoms with Gasteiger partial charge in [0.05, 0.1) is 6.20 Å². The number of hydrogen-bond donors (Lipinski definition) is 2. The second-order valence-electron chi connectivity index (χ2n) is 3.33. The van der Waals surface area contributed by atoms with Gasteiger partial charge in [0.25, 0.3) is 6.01 Å². The van der Waals surface area contributed by atoms with Crippen LogP contribution in [0.4, 0.5) is 11.7 Å². The minimum atomic E-state index is -0.0359. The average Bonchev–Trinajstić information content (AvgIpc) is 3.13. The number of aromatic nitrogens is 1. The topological polar surface area (TPSA) is 81.2 Å². The van der Waals surface area contributed by atoms with E-state index in [1.54, 1.807) is 6.08 Å². The molecule has 1 aromatic carbocycles. The van der Waals surface area contributed by atoms with E-state index in [4.69, 9.17) is 5.73 Å². The highest BCUT2D eigenvalue weighted by Crippen LogP contribution is 2.03. The van der Waals surface area contributed by atoms with Crippen LogP contribution in [0.1, 0.15) is 55.4 Å². The van der Waals surface area contributed by atoms with Crippen molar-refractivity contribution in [2.24, 2.45) is 0 Å². The molecule has 0 saturated heterocycles. The molecule has 5 nitrogen and oxygen atoms in total. The van der Waals surface area contributed by atoms with Gasteiger partial charge in [0, 0.05) is 12.6 Å². The van der Waals surface area contributed by atoms with Crippen molar-refractivity contribution in [1.82, 2.24) is 4.98 Å². The van der Waals surface area contributed by atoms with Crippen LogP contribution in [0.5, 0.6) is 0 Å². The zero-order chi connectivity index (χ0) is 20.5. The molecule has 0 saturated carbocycles. The molecule has 1 heterocycles. The van der Waals surface area contributed by atoms with E-state index in [0.29, 0.717) is 0 Å². The molecule has 1 amide bonds. The van der Waals surface area contributed by atoms with Crippen LogP contribution in [-0.4, -0.2) is 10.9 Å². The predicted molar refractivity (Wildman–Crippen MR) is 112 cm³/mol. The molecule has 0 fully saturated rings. The van der Waals surface area contributed by atoms with Crippen LogP contribution < -0.4 is 11.1 Å². The monoisotopic (exact) mass is 351 g/mol. The van der Waals surface area contributed by atoms with E-state index >= 15 is 0 Å². The summed E-state index contributed by atoms with van der Waals surface area (Å²) in [5, 5.41) is 2.67. The summed E-state index contributed by atoms with van der Waals surface area (Å²) in [7, 11) is 0. The number of carbonyl (C=O) groups excluding carboxylic acids is 1. The quantitative estimate of drug-likeness (QED) is 0.602. The number of benzene rings is 1.